The van der Waals surface area contributed by atoms with Crippen LogP contribution in [0.15, 0.2) is 11.2 Å². The zero-order valence-electron chi connectivity index (χ0n) is 7.69. The number of hydrogen-bond donors (Lipinski definition) is 1. The number of aryl methyl sites for hydroxylation is 1. The first-order chi connectivity index (χ1) is 6.18. The minimum absolute atomic E-state index is 0.297. The van der Waals surface area contributed by atoms with Gasteiger partial charge in [-0.05, 0) is 6.92 Å². The Morgan fingerprint density at radius 2 is 2.46 bits per heavy atom. The third-order valence-electron chi connectivity index (χ3n) is 2.22. The predicted octanol–water partition coefficient (Wildman–Crippen LogP) is 0.753. The van der Waals surface area contributed by atoms with Crippen LogP contribution in [0.4, 0.5) is 0 Å². The van der Waals surface area contributed by atoms with Crippen LogP contribution in [-0.4, -0.2) is 29.4 Å². The SMILES string of the molecule is Cc1ncc(C2CN=C(N)N2C)s1. The van der Waals surface area contributed by atoms with Gasteiger partial charge in [0.25, 0.3) is 0 Å². The number of rotatable bonds is 1. The lowest BCUT2D eigenvalue weighted by molar-refractivity contribution is 0.419. The van der Waals surface area contributed by atoms with E-state index < -0.39 is 0 Å². The highest BCUT2D eigenvalue weighted by Crippen LogP contribution is 2.27. The highest BCUT2D eigenvalue weighted by Gasteiger charge is 2.25. The average Bonchev–Trinajstić information content (AvgIpc) is 2.62. The number of hydrogen-bond acceptors (Lipinski definition) is 5. The van der Waals surface area contributed by atoms with E-state index in [1.54, 1.807) is 11.3 Å². The van der Waals surface area contributed by atoms with E-state index in [4.69, 9.17) is 5.73 Å². The van der Waals surface area contributed by atoms with Crippen LogP contribution in [0.3, 0.4) is 0 Å². The van der Waals surface area contributed by atoms with Crippen LogP contribution in [0.25, 0.3) is 0 Å². The molecule has 2 rings (SSSR count). The summed E-state index contributed by atoms with van der Waals surface area (Å²) >= 11 is 1.71. The molecule has 5 heteroatoms. The van der Waals surface area contributed by atoms with Gasteiger partial charge in [-0.2, -0.15) is 0 Å². The van der Waals surface area contributed by atoms with Gasteiger partial charge in [0, 0.05) is 18.1 Å². The molecule has 1 aromatic heterocycles. The highest BCUT2D eigenvalue weighted by atomic mass is 32.1. The molecule has 0 saturated heterocycles. The van der Waals surface area contributed by atoms with Gasteiger partial charge in [-0.3, -0.25) is 4.99 Å². The molecule has 1 aliphatic heterocycles. The van der Waals surface area contributed by atoms with Crippen molar-refractivity contribution in [2.75, 3.05) is 13.6 Å². The van der Waals surface area contributed by atoms with Crippen LogP contribution < -0.4 is 5.73 Å². The average molecular weight is 196 g/mol. The van der Waals surface area contributed by atoms with Crippen molar-refractivity contribution in [3.63, 3.8) is 0 Å². The lowest BCUT2D eigenvalue weighted by Gasteiger charge is -2.19. The Morgan fingerprint density at radius 3 is 2.92 bits per heavy atom. The van der Waals surface area contributed by atoms with E-state index >= 15 is 0 Å². The van der Waals surface area contributed by atoms with Gasteiger partial charge in [-0.25, -0.2) is 4.98 Å². The van der Waals surface area contributed by atoms with Crippen LogP contribution in [-0.2, 0) is 0 Å². The number of guanidine groups is 1. The molecule has 2 heterocycles. The normalized spacial score (nSPS) is 22.2. The molecule has 4 nitrogen and oxygen atoms in total. The van der Waals surface area contributed by atoms with Gasteiger partial charge in [0.1, 0.15) is 0 Å². The maximum Gasteiger partial charge on any atom is 0.191 e. The van der Waals surface area contributed by atoms with E-state index in [0.29, 0.717) is 12.0 Å². The summed E-state index contributed by atoms with van der Waals surface area (Å²) < 4.78 is 0. The number of thiazole rings is 1. The molecule has 0 spiro atoms. The first-order valence-electron chi connectivity index (χ1n) is 4.13. The Labute approximate surface area is 81.1 Å². The summed E-state index contributed by atoms with van der Waals surface area (Å²) in [5.74, 6) is 0.621. The summed E-state index contributed by atoms with van der Waals surface area (Å²) in [6.45, 7) is 2.76. The molecule has 1 aliphatic rings. The van der Waals surface area contributed by atoms with Gasteiger partial charge >= 0.3 is 0 Å². The standard InChI is InChI=1S/C8H12N4S/c1-5-10-4-7(13-5)6-3-11-8(9)12(6)2/h4,6H,3H2,1-2H3,(H2,9,11). The Balaban J connectivity index is 2.21. The topological polar surface area (TPSA) is 54.5 Å². The van der Waals surface area contributed by atoms with Gasteiger partial charge in [0.05, 0.1) is 17.6 Å². The maximum atomic E-state index is 5.67. The van der Waals surface area contributed by atoms with Crippen LogP contribution in [0.5, 0.6) is 0 Å². The fourth-order valence-corrected chi connectivity index (χ4v) is 2.31. The molecule has 13 heavy (non-hydrogen) atoms. The molecule has 0 aliphatic carbocycles. The molecule has 1 aromatic rings. The summed E-state index contributed by atoms with van der Waals surface area (Å²) in [5.41, 5.74) is 5.67. The molecule has 0 aromatic carbocycles. The molecule has 1 unspecified atom stereocenters. The van der Waals surface area contributed by atoms with Crippen LogP contribution in [0.2, 0.25) is 0 Å². The minimum Gasteiger partial charge on any atom is -0.370 e. The van der Waals surface area contributed by atoms with Gasteiger partial charge in [-0.1, -0.05) is 0 Å². The smallest absolute Gasteiger partial charge is 0.191 e. The van der Waals surface area contributed by atoms with Crippen molar-refractivity contribution in [1.29, 1.82) is 0 Å². The zero-order chi connectivity index (χ0) is 9.42. The number of likely N-dealkylation sites (N-methyl/N-ethyl adjacent to an activating group) is 1. The predicted molar refractivity (Wildman–Crippen MR) is 53.8 cm³/mol. The van der Waals surface area contributed by atoms with E-state index in [0.717, 1.165) is 11.6 Å². The van der Waals surface area contributed by atoms with E-state index in [-0.39, 0.29) is 0 Å². The molecule has 2 N–H and O–H groups in total. The van der Waals surface area contributed by atoms with Gasteiger partial charge < -0.3 is 10.6 Å². The lowest BCUT2D eigenvalue weighted by Crippen LogP contribution is -2.31. The highest BCUT2D eigenvalue weighted by molar-refractivity contribution is 7.11. The van der Waals surface area contributed by atoms with Gasteiger partial charge in [0.2, 0.25) is 0 Å². The second-order valence-electron chi connectivity index (χ2n) is 3.11. The summed E-state index contributed by atoms with van der Waals surface area (Å²) in [6.07, 6.45) is 1.91. The fraction of sp³-hybridized carbons (Fsp3) is 0.500. The third-order valence-corrected chi connectivity index (χ3v) is 3.24. The lowest BCUT2D eigenvalue weighted by atomic mass is 10.2. The summed E-state index contributed by atoms with van der Waals surface area (Å²) in [5, 5.41) is 1.09. The van der Waals surface area contributed by atoms with Gasteiger partial charge in [0.15, 0.2) is 5.96 Å². The van der Waals surface area contributed by atoms with Crippen molar-refractivity contribution < 1.29 is 0 Å². The molecule has 0 amide bonds. The summed E-state index contributed by atoms with van der Waals surface area (Å²) in [7, 11) is 1.96. The first-order valence-corrected chi connectivity index (χ1v) is 4.95. The first kappa shape index (κ1) is 8.50. The van der Waals surface area contributed by atoms with E-state index in [1.165, 1.54) is 4.88 Å². The fourth-order valence-electron chi connectivity index (χ4n) is 1.39. The number of nitrogens with two attached hydrogens (primary N) is 1. The van der Waals surface area contributed by atoms with Crippen LogP contribution in [0.1, 0.15) is 15.9 Å². The Hall–Kier alpha value is -1.10. The monoisotopic (exact) mass is 196 g/mol. The molecule has 0 bridgehead atoms. The van der Waals surface area contributed by atoms with E-state index in [1.807, 2.05) is 25.1 Å². The van der Waals surface area contributed by atoms with Crippen molar-refractivity contribution in [1.82, 2.24) is 9.88 Å². The minimum atomic E-state index is 0.297. The van der Waals surface area contributed by atoms with Gasteiger partial charge in [-0.15, -0.1) is 11.3 Å². The molecule has 1 atom stereocenters. The Morgan fingerprint density at radius 1 is 1.69 bits per heavy atom. The Bertz CT molecular complexity index is 344. The Kier molecular flexibility index (Phi) is 1.95. The summed E-state index contributed by atoms with van der Waals surface area (Å²) in [4.78, 5) is 11.6. The molecule has 70 valence electrons. The van der Waals surface area contributed by atoms with E-state index in [9.17, 15) is 0 Å². The molecular weight excluding hydrogens is 184 g/mol. The van der Waals surface area contributed by atoms with Crippen molar-refractivity contribution in [2.45, 2.75) is 13.0 Å². The molecular formula is C8H12N4S. The second-order valence-corrected chi connectivity index (χ2v) is 4.37. The largest absolute Gasteiger partial charge is 0.370 e. The van der Waals surface area contributed by atoms with Crippen molar-refractivity contribution in [3.05, 3.63) is 16.1 Å². The molecule has 0 saturated carbocycles. The van der Waals surface area contributed by atoms with Crippen molar-refractivity contribution >= 4 is 17.3 Å². The quantitative estimate of drug-likeness (QED) is 0.721. The van der Waals surface area contributed by atoms with E-state index in [2.05, 4.69) is 9.98 Å². The number of aromatic nitrogens is 1. The zero-order valence-corrected chi connectivity index (χ0v) is 8.51. The van der Waals surface area contributed by atoms with Crippen molar-refractivity contribution in [3.8, 4) is 0 Å². The number of nitrogens with zero attached hydrogens (tertiary/aromatic N) is 3. The van der Waals surface area contributed by atoms with Crippen molar-refractivity contribution in [2.24, 2.45) is 10.7 Å². The maximum absolute atomic E-state index is 5.67. The number of aliphatic imine (C=N–C) groups is 1. The van der Waals surface area contributed by atoms with Crippen LogP contribution >= 0.6 is 11.3 Å². The second kappa shape index (κ2) is 2.99. The molecule has 0 fully saturated rings. The summed E-state index contributed by atoms with van der Waals surface area (Å²) in [6, 6.07) is 0.297. The molecule has 0 radical (unpaired) electrons. The van der Waals surface area contributed by atoms with Crippen LogP contribution in [0, 0.1) is 6.92 Å². The third kappa shape index (κ3) is 1.39.